The third kappa shape index (κ3) is 3.73. The molecule has 3 aromatic rings. The van der Waals surface area contributed by atoms with Gasteiger partial charge in [-0.05, 0) is 30.9 Å². The maximum atomic E-state index is 14.8. The first-order chi connectivity index (χ1) is 14.0. The van der Waals surface area contributed by atoms with Gasteiger partial charge in [0.2, 0.25) is 5.65 Å². The minimum atomic E-state index is -0.506. The third-order valence-electron chi connectivity index (χ3n) is 4.94. The number of carbonyl (C=O) groups excluding carboxylic acids is 1. The quantitative estimate of drug-likeness (QED) is 0.626. The topological polar surface area (TPSA) is 97.9 Å². The van der Waals surface area contributed by atoms with Gasteiger partial charge in [-0.2, -0.15) is 0 Å². The number of nitrogens with one attached hydrogen (secondary N) is 1. The van der Waals surface area contributed by atoms with Gasteiger partial charge in [0.15, 0.2) is 0 Å². The summed E-state index contributed by atoms with van der Waals surface area (Å²) in [4.78, 5) is 29.4. The average molecular weight is 400 g/mol. The molecule has 0 unspecified atom stereocenters. The predicted octanol–water partition coefficient (Wildman–Crippen LogP) is 1.44. The fraction of sp³-hybridized carbons (Fsp3) is 0.350. The van der Waals surface area contributed by atoms with Crippen molar-refractivity contribution in [3.63, 3.8) is 0 Å². The molecule has 1 aliphatic rings. The highest BCUT2D eigenvalue weighted by Gasteiger charge is 2.26. The molecule has 0 spiro atoms. The third-order valence-corrected chi connectivity index (χ3v) is 4.94. The molecule has 2 aromatic heterocycles. The van der Waals surface area contributed by atoms with Gasteiger partial charge >= 0.3 is 0 Å². The van der Waals surface area contributed by atoms with Gasteiger partial charge in [-0.1, -0.05) is 0 Å². The summed E-state index contributed by atoms with van der Waals surface area (Å²) in [5, 5.41) is 11.4. The molecule has 29 heavy (non-hydrogen) atoms. The van der Waals surface area contributed by atoms with E-state index in [1.807, 2.05) is 0 Å². The molecule has 1 fully saturated rings. The molecule has 8 nitrogen and oxygen atoms in total. The molecular formula is C20H21FN4O4. The summed E-state index contributed by atoms with van der Waals surface area (Å²) < 4.78 is 22.8. The number of benzene rings is 1. The first-order valence-corrected chi connectivity index (χ1v) is 9.37. The number of fused-ring (bicyclic) bond motifs is 1. The molecule has 0 atom stereocenters. The van der Waals surface area contributed by atoms with Crippen molar-refractivity contribution in [1.29, 1.82) is 0 Å². The number of carbonyl (C=O) groups is 1. The lowest BCUT2D eigenvalue weighted by Crippen LogP contribution is -2.27. The van der Waals surface area contributed by atoms with Crippen LogP contribution < -0.4 is 15.6 Å². The van der Waals surface area contributed by atoms with Crippen LogP contribution in [0.15, 0.2) is 35.4 Å². The highest BCUT2D eigenvalue weighted by Crippen LogP contribution is 2.33. The SMILES string of the molecule is COc1ccc(-c2cn3cc(C(=O)NCCO)nc3c(=O)n2CC2CC2)c(F)c1. The minimum Gasteiger partial charge on any atom is -0.497 e. The van der Waals surface area contributed by atoms with E-state index in [1.54, 1.807) is 18.3 Å². The molecule has 9 heteroatoms. The predicted molar refractivity (Wildman–Crippen MR) is 104 cm³/mol. The molecule has 1 aliphatic carbocycles. The molecule has 1 amide bonds. The summed E-state index contributed by atoms with van der Waals surface area (Å²) in [7, 11) is 1.46. The number of imidazole rings is 1. The first kappa shape index (κ1) is 19.1. The van der Waals surface area contributed by atoms with Crippen LogP contribution in [-0.2, 0) is 6.54 Å². The van der Waals surface area contributed by atoms with Crippen LogP contribution in [0.1, 0.15) is 23.3 Å². The van der Waals surface area contributed by atoms with Crippen molar-refractivity contribution >= 4 is 11.6 Å². The number of methoxy groups -OCH3 is 1. The molecule has 2 N–H and O–H groups in total. The van der Waals surface area contributed by atoms with E-state index in [9.17, 15) is 14.0 Å². The Balaban J connectivity index is 1.86. The molecular weight excluding hydrogens is 379 g/mol. The van der Waals surface area contributed by atoms with E-state index in [-0.39, 0.29) is 35.6 Å². The Bertz CT molecular complexity index is 1130. The molecule has 0 saturated heterocycles. The normalized spacial score (nSPS) is 13.6. The molecule has 4 rings (SSSR count). The number of amides is 1. The highest BCUT2D eigenvalue weighted by molar-refractivity contribution is 5.92. The number of halogens is 1. The number of rotatable bonds is 7. The Morgan fingerprint density at radius 3 is 2.83 bits per heavy atom. The second-order valence-electron chi connectivity index (χ2n) is 7.06. The Kier molecular flexibility index (Phi) is 5.06. The standard InChI is InChI=1S/C20H21FN4O4/c1-29-13-4-5-14(15(21)8-13)17-11-24-10-16(19(27)22-6-7-26)23-18(24)20(28)25(17)9-12-2-3-12/h4-5,8,10-12,26H,2-3,6-7,9H2,1H3,(H,22,27). The van der Waals surface area contributed by atoms with Gasteiger partial charge in [0.1, 0.15) is 17.3 Å². The lowest BCUT2D eigenvalue weighted by molar-refractivity contribution is 0.0940. The van der Waals surface area contributed by atoms with E-state index in [4.69, 9.17) is 9.84 Å². The smallest absolute Gasteiger partial charge is 0.294 e. The molecule has 0 radical (unpaired) electrons. The molecule has 1 aromatic carbocycles. The summed E-state index contributed by atoms with van der Waals surface area (Å²) in [6.07, 6.45) is 5.08. The maximum Gasteiger partial charge on any atom is 0.294 e. The number of hydrogen-bond acceptors (Lipinski definition) is 5. The summed E-state index contributed by atoms with van der Waals surface area (Å²) in [6, 6.07) is 4.48. The van der Waals surface area contributed by atoms with Crippen LogP contribution in [0.2, 0.25) is 0 Å². The number of aliphatic hydroxyl groups excluding tert-OH is 1. The van der Waals surface area contributed by atoms with E-state index in [0.717, 1.165) is 12.8 Å². The zero-order chi connectivity index (χ0) is 20.5. The van der Waals surface area contributed by atoms with E-state index >= 15 is 0 Å². The van der Waals surface area contributed by atoms with Crippen molar-refractivity contribution in [1.82, 2.24) is 19.3 Å². The number of hydrogen-bond donors (Lipinski definition) is 2. The van der Waals surface area contributed by atoms with Crippen LogP contribution in [0.3, 0.4) is 0 Å². The zero-order valence-electron chi connectivity index (χ0n) is 15.9. The Morgan fingerprint density at radius 1 is 1.38 bits per heavy atom. The number of ether oxygens (including phenoxy) is 1. The maximum absolute atomic E-state index is 14.8. The fourth-order valence-corrected chi connectivity index (χ4v) is 3.24. The van der Waals surface area contributed by atoms with Crippen LogP contribution in [-0.4, -0.2) is 45.2 Å². The van der Waals surface area contributed by atoms with Crippen LogP contribution in [0.25, 0.3) is 16.9 Å². The van der Waals surface area contributed by atoms with Crippen molar-refractivity contribution in [2.75, 3.05) is 20.3 Å². The summed E-state index contributed by atoms with van der Waals surface area (Å²) >= 11 is 0. The van der Waals surface area contributed by atoms with E-state index in [2.05, 4.69) is 10.3 Å². The van der Waals surface area contributed by atoms with Crippen LogP contribution in [0.5, 0.6) is 5.75 Å². The van der Waals surface area contributed by atoms with Gasteiger partial charge in [0, 0.05) is 37.1 Å². The van der Waals surface area contributed by atoms with Gasteiger partial charge in [0.25, 0.3) is 11.5 Å². The van der Waals surface area contributed by atoms with Crippen molar-refractivity contribution in [2.45, 2.75) is 19.4 Å². The first-order valence-electron chi connectivity index (χ1n) is 9.37. The van der Waals surface area contributed by atoms with Gasteiger partial charge in [-0.25, -0.2) is 9.37 Å². The summed E-state index contributed by atoms with van der Waals surface area (Å²) in [6.45, 7) is 0.351. The highest BCUT2D eigenvalue weighted by atomic mass is 19.1. The van der Waals surface area contributed by atoms with Gasteiger partial charge in [0.05, 0.1) is 19.4 Å². The Hall–Kier alpha value is -3.20. The van der Waals surface area contributed by atoms with E-state index < -0.39 is 11.7 Å². The molecule has 1 saturated carbocycles. The number of aliphatic hydroxyl groups is 1. The molecule has 2 heterocycles. The second-order valence-corrected chi connectivity index (χ2v) is 7.06. The van der Waals surface area contributed by atoms with Crippen molar-refractivity contribution < 1.29 is 19.0 Å². The summed E-state index contributed by atoms with van der Waals surface area (Å²) in [5.74, 6) is -0.242. The molecule has 152 valence electrons. The molecule has 0 aliphatic heterocycles. The number of nitrogens with zero attached hydrogens (tertiary/aromatic N) is 3. The van der Waals surface area contributed by atoms with Crippen LogP contribution in [0, 0.1) is 11.7 Å². The van der Waals surface area contributed by atoms with E-state index in [1.165, 1.54) is 28.3 Å². The molecule has 0 bridgehead atoms. The van der Waals surface area contributed by atoms with Gasteiger partial charge in [-0.3, -0.25) is 14.0 Å². The minimum absolute atomic E-state index is 0.0564. The lowest BCUT2D eigenvalue weighted by atomic mass is 10.1. The summed E-state index contributed by atoms with van der Waals surface area (Å²) in [5.41, 5.74) is 0.448. The second kappa shape index (κ2) is 7.67. The fourth-order valence-electron chi connectivity index (χ4n) is 3.24. The van der Waals surface area contributed by atoms with Gasteiger partial charge < -0.3 is 19.7 Å². The van der Waals surface area contributed by atoms with Crippen LogP contribution in [0.4, 0.5) is 4.39 Å². The van der Waals surface area contributed by atoms with E-state index in [0.29, 0.717) is 23.9 Å². The largest absolute Gasteiger partial charge is 0.497 e. The van der Waals surface area contributed by atoms with Crippen molar-refractivity contribution in [3.8, 4) is 17.0 Å². The van der Waals surface area contributed by atoms with Gasteiger partial charge in [-0.15, -0.1) is 0 Å². The average Bonchev–Trinajstić information content (AvgIpc) is 3.43. The number of aromatic nitrogens is 3. The zero-order valence-corrected chi connectivity index (χ0v) is 15.9. The Labute approximate surface area is 165 Å². The van der Waals surface area contributed by atoms with Crippen molar-refractivity contribution in [3.05, 3.63) is 52.5 Å². The van der Waals surface area contributed by atoms with Crippen LogP contribution >= 0.6 is 0 Å². The lowest BCUT2D eigenvalue weighted by Gasteiger charge is -2.14. The Morgan fingerprint density at radius 2 is 2.17 bits per heavy atom. The monoisotopic (exact) mass is 400 g/mol. The van der Waals surface area contributed by atoms with Crippen molar-refractivity contribution in [2.24, 2.45) is 5.92 Å².